The Balaban J connectivity index is 2.08. The molecule has 0 saturated carbocycles. The molecule has 1 unspecified atom stereocenters. The standard InChI is InChI=1S/C15H19N3O/c1-11-5-6-14(13(9-11)10-16)17-12(2)15(19)18-7-3-4-8-18/h5-6,9,12,17H,3-4,7-8H2,1-2H3. The lowest BCUT2D eigenvalue weighted by molar-refractivity contribution is -0.130. The SMILES string of the molecule is Cc1ccc(NC(C)C(=O)N2CCCC2)c(C#N)c1. The van der Waals surface area contributed by atoms with Crippen LogP contribution in [0.1, 0.15) is 30.9 Å². The Morgan fingerprint density at radius 2 is 2.11 bits per heavy atom. The van der Waals surface area contributed by atoms with Crippen LogP contribution in [0.25, 0.3) is 0 Å². The molecule has 1 aromatic rings. The van der Waals surface area contributed by atoms with Crippen molar-refractivity contribution in [3.63, 3.8) is 0 Å². The molecule has 0 spiro atoms. The van der Waals surface area contributed by atoms with Crippen LogP contribution in [0.5, 0.6) is 0 Å². The van der Waals surface area contributed by atoms with Gasteiger partial charge in [0, 0.05) is 13.1 Å². The van der Waals surface area contributed by atoms with E-state index in [2.05, 4.69) is 11.4 Å². The molecule has 4 nitrogen and oxygen atoms in total. The molecule has 19 heavy (non-hydrogen) atoms. The van der Waals surface area contributed by atoms with Crippen molar-refractivity contribution in [3.8, 4) is 6.07 Å². The molecule has 100 valence electrons. The second kappa shape index (κ2) is 5.75. The van der Waals surface area contributed by atoms with Gasteiger partial charge in [-0.25, -0.2) is 0 Å². The van der Waals surface area contributed by atoms with Gasteiger partial charge in [0.25, 0.3) is 0 Å². The van der Waals surface area contributed by atoms with E-state index in [9.17, 15) is 4.79 Å². The number of hydrogen-bond donors (Lipinski definition) is 1. The molecule has 0 bridgehead atoms. The van der Waals surface area contributed by atoms with Gasteiger partial charge in [-0.3, -0.25) is 4.79 Å². The fourth-order valence-corrected chi connectivity index (χ4v) is 2.38. The number of nitrogens with zero attached hydrogens (tertiary/aromatic N) is 2. The Labute approximate surface area is 114 Å². The van der Waals surface area contributed by atoms with Crippen molar-refractivity contribution in [1.29, 1.82) is 5.26 Å². The van der Waals surface area contributed by atoms with E-state index >= 15 is 0 Å². The van der Waals surface area contributed by atoms with Gasteiger partial charge in [0.1, 0.15) is 12.1 Å². The molecule has 1 saturated heterocycles. The highest BCUT2D eigenvalue weighted by molar-refractivity contribution is 5.85. The van der Waals surface area contributed by atoms with Gasteiger partial charge in [-0.05, 0) is 44.4 Å². The third-order valence-electron chi connectivity index (χ3n) is 3.46. The van der Waals surface area contributed by atoms with Gasteiger partial charge in [-0.1, -0.05) is 6.07 Å². The molecule has 2 rings (SSSR count). The minimum Gasteiger partial charge on any atom is -0.373 e. The quantitative estimate of drug-likeness (QED) is 0.904. The molecule has 4 heteroatoms. The lowest BCUT2D eigenvalue weighted by Crippen LogP contribution is -2.39. The molecule has 1 aliphatic rings. The van der Waals surface area contributed by atoms with Crippen LogP contribution in [0, 0.1) is 18.3 Å². The van der Waals surface area contributed by atoms with Crippen molar-refractivity contribution in [2.24, 2.45) is 0 Å². The zero-order valence-electron chi connectivity index (χ0n) is 11.4. The Morgan fingerprint density at radius 1 is 1.42 bits per heavy atom. The third kappa shape index (κ3) is 3.05. The van der Waals surface area contributed by atoms with Crippen LogP contribution in [0.15, 0.2) is 18.2 Å². The Morgan fingerprint density at radius 3 is 2.74 bits per heavy atom. The summed E-state index contributed by atoms with van der Waals surface area (Å²) in [5.74, 6) is 0.113. The van der Waals surface area contributed by atoms with Gasteiger partial charge >= 0.3 is 0 Å². The number of likely N-dealkylation sites (tertiary alicyclic amines) is 1. The van der Waals surface area contributed by atoms with Crippen LogP contribution in [-0.4, -0.2) is 29.9 Å². The summed E-state index contributed by atoms with van der Waals surface area (Å²) < 4.78 is 0. The monoisotopic (exact) mass is 257 g/mol. The normalized spacial score (nSPS) is 15.9. The van der Waals surface area contributed by atoms with Crippen molar-refractivity contribution in [3.05, 3.63) is 29.3 Å². The first-order valence-electron chi connectivity index (χ1n) is 6.68. The topological polar surface area (TPSA) is 56.1 Å². The first-order valence-corrected chi connectivity index (χ1v) is 6.68. The summed E-state index contributed by atoms with van der Waals surface area (Å²) in [6.45, 7) is 5.50. The maximum Gasteiger partial charge on any atom is 0.244 e. The lowest BCUT2D eigenvalue weighted by Gasteiger charge is -2.22. The zero-order chi connectivity index (χ0) is 13.8. The summed E-state index contributed by atoms with van der Waals surface area (Å²) in [6.07, 6.45) is 2.18. The molecular weight excluding hydrogens is 238 g/mol. The van der Waals surface area contributed by atoms with Crippen LogP contribution < -0.4 is 5.32 Å². The summed E-state index contributed by atoms with van der Waals surface area (Å²) in [5, 5.41) is 12.3. The number of anilines is 1. The number of amides is 1. The van der Waals surface area contributed by atoms with E-state index in [1.54, 1.807) is 0 Å². The maximum absolute atomic E-state index is 12.2. The van der Waals surface area contributed by atoms with Crippen molar-refractivity contribution < 1.29 is 4.79 Å². The summed E-state index contributed by atoms with van der Waals surface area (Å²) >= 11 is 0. The highest BCUT2D eigenvalue weighted by Crippen LogP contribution is 2.18. The smallest absolute Gasteiger partial charge is 0.244 e. The van der Waals surface area contributed by atoms with Crippen molar-refractivity contribution in [2.45, 2.75) is 32.7 Å². The van der Waals surface area contributed by atoms with E-state index in [1.807, 2.05) is 36.9 Å². The average Bonchev–Trinajstić information content (AvgIpc) is 2.93. The van der Waals surface area contributed by atoms with Gasteiger partial charge in [0.05, 0.1) is 11.3 Å². The van der Waals surface area contributed by atoms with Crippen LogP contribution in [-0.2, 0) is 4.79 Å². The Hall–Kier alpha value is -2.02. The largest absolute Gasteiger partial charge is 0.373 e. The second-order valence-corrected chi connectivity index (χ2v) is 5.06. The van der Waals surface area contributed by atoms with Gasteiger partial charge in [0.2, 0.25) is 5.91 Å². The first kappa shape index (κ1) is 13.4. The molecule has 1 atom stereocenters. The Bertz CT molecular complexity index is 513. The molecule has 0 radical (unpaired) electrons. The van der Waals surface area contributed by atoms with E-state index in [0.29, 0.717) is 5.56 Å². The number of aryl methyl sites for hydroxylation is 1. The van der Waals surface area contributed by atoms with Crippen LogP contribution in [0.4, 0.5) is 5.69 Å². The number of hydrogen-bond acceptors (Lipinski definition) is 3. The van der Waals surface area contributed by atoms with Gasteiger partial charge in [-0.2, -0.15) is 5.26 Å². The number of benzene rings is 1. The fourth-order valence-electron chi connectivity index (χ4n) is 2.38. The predicted octanol–water partition coefficient (Wildman–Crippen LogP) is 2.29. The van der Waals surface area contributed by atoms with E-state index in [-0.39, 0.29) is 11.9 Å². The number of rotatable bonds is 3. The number of carbonyl (C=O) groups is 1. The van der Waals surface area contributed by atoms with Crippen LogP contribution in [0.3, 0.4) is 0 Å². The van der Waals surface area contributed by atoms with Gasteiger partial charge < -0.3 is 10.2 Å². The summed E-state index contributed by atoms with van der Waals surface area (Å²) in [6, 6.07) is 7.50. The number of nitrogens with one attached hydrogen (secondary N) is 1. The molecule has 1 aromatic carbocycles. The number of carbonyl (C=O) groups excluding carboxylic acids is 1. The molecule has 1 amide bonds. The highest BCUT2D eigenvalue weighted by Gasteiger charge is 2.23. The van der Waals surface area contributed by atoms with Crippen molar-refractivity contribution in [1.82, 2.24) is 4.90 Å². The van der Waals surface area contributed by atoms with Crippen LogP contribution in [0.2, 0.25) is 0 Å². The molecule has 0 aliphatic carbocycles. The fraction of sp³-hybridized carbons (Fsp3) is 0.467. The van der Waals surface area contributed by atoms with Crippen molar-refractivity contribution >= 4 is 11.6 Å². The van der Waals surface area contributed by atoms with E-state index in [0.717, 1.165) is 37.2 Å². The first-order chi connectivity index (χ1) is 9.11. The zero-order valence-corrected chi connectivity index (χ0v) is 11.4. The second-order valence-electron chi connectivity index (χ2n) is 5.06. The summed E-state index contributed by atoms with van der Waals surface area (Å²) in [7, 11) is 0. The maximum atomic E-state index is 12.2. The highest BCUT2D eigenvalue weighted by atomic mass is 16.2. The minimum atomic E-state index is -0.298. The average molecular weight is 257 g/mol. The van der Waals surface area contributed by atoms with Crippen molar-refractivity contribution in [2.75, 3.05) is 18.4 Å². The molecule has 1 aliphatic heterocycles. The minimum absolute atomic E-state index is 0.113. The van der Waals surface area contributed by atoms with E-state index in [4.69, 9.17) is 5.26 Å². The van der Waals surface area contributed by atoms with Gasteiger partial charge in [-0.15, -0.1) is 0 Å². The number of nitriles is 1. The molecule has 1 N–H and O–H groups in total. The predicted molar refractivity (Wildman–Crippen MR) is 74.8 cm³/mol. The van der Waals surface area contributed by atoms with Gasteiger partial charge in [0.15, 0.2) is 0 Å². The van der Waals surface area contributed by atoms with E-state index in [1.165, 1.54) is 0 Å². The summed E-state index contributed by atoms with van der Waals surface area (Å²) in [4.78, 5) is 14.1. The lowest BCUT2D eigenvalue weighted by atomic mass is 10.1. The third-order valence-corrected chi connectivity index (χ3v) is 3.46. The molecule has 1 fully saturated rings. The molecule has 1 heterocycles. The van der Waals surface area contributed by atoms with E-state index < -0.39 is 0 Å². The molecule has 0 aromatic heterocycles. The Kier molecular flexibility index (Phi) is 4.06. The summed E-state index contributed by atoms with van der Waals surface area (Å²) in [5.41, 5.74) is 2.36. The van der Waals surface area contributed by atoms with Crippen LogP contribution >= 0.6 is 0 Å². The molecular formula is C15H19N3O.